The molecule has 2 heterocycles. The number of thiazole rings is 1. The van der Waals surface area contributed by atoms with Gasteiger partial charge in [0.05, 0.1) is 54.3 Å². The molecule has 6 rings (SSSR count). The van der Waals surface area contributed by atoms with Crippen molar-refractivity contribution < 1.29 is 28.5 Å². The van der Waals surface area contributed by atoms with E-state index in [1.165, 1.54) is 23.0 Å². The maximum atomic E-state index is 14.4. The molecule has 1 atom stereocenters. The van der Waals surface area contributed by atoms with E-state index in [-0.39, 0.29) is 24.3 Å². The Balaban J connectivity index is 1.52. The summed E-state index contributed by atoms with van der Waals surface area (Å²) in [5, 5.41) is 0.600. The van der Waals surface area contributed by atoms with Crippen LogP contribution in [0.5, 0.6) is 23.0 Å². The molecule has 0 amide bonds. The monoisotopic (exact) mass is 774 g/mol. The van der Waals surface area contributed by atoms with Gasteiger partial charge in [-0.2, -0.15) is 0 Å². The van der Waals surface area contributed by atoms with Gasteiger partial charge >= 0.3 is 5.97 Å². The summed E-state index contributed by atoms with van der Waals surface area (Å²) in [4.78, 5) is 33.6. The van der Waals surface area contributed by atoms with Crippen molar-refractivity contribution >= 4 is 56.6 Å². The molecule has 0 saturated carbocycles. The number of nitrogens with zero attached hydrogens (tertiary/aromatic N) is 2. The lowest BCUT2D eigenvalue weighted by Crippen LogP contribution is -2.40. The van der Waals surface area contributed by atoms with Crippen LogP contribution in [-0.4, -0.2) is 38.5 Å². The Morgan fingerprint density at radius 3 is 2.36 bits per heavy atom. The molecule has 0 unspecified atom stereocenters. The Labute approximate surface area is 305 Å². The average molecular weight is 776 g/mol. The Morgan fingerprint density at radius 1 is 0.940 bits per heavy atom. The van der Waals surface area contributed by atoms with Crippen LogP contribution in [-0.2, 0) is 16.1 Å². The molecule has 1 aliphatic rings. The average Bonchev–Trinajstić information content (AvgIpc) is 3.44. The highest BCUT2D eigenvalue weighted by Gasteiger charge is 2.35. The largest absolute Gasteiger partial charge is 0.493 e. The molecule has 0 saturated heterocycles. The summed E-state index contributed by atoms with van der Waals surface area (Å²) in [6, 6.07) is 24.9. The zero-order valence-electron chi connectivity index (χ0n) is 27.6. The lowest BCUT2D eigenvalue weighted by atomic mass is 9.93. The predicted octanol–water partition coefficient (Wildman–Crippen LogP) is 6.96. The number of hydrogen-bond acceptors (Lipinski definition) is 9. The van der Waals surface area contributed by atoms with Gasteiger partial charge in [0.1, 0.15) is 6.61 Å². The van der Waals surface area contributed by atoms with Gasteiger partial charge in [-0.15, -0.1) is 0 Å². The van der Waals surface area contributed by atoms with Crippen LogP contribution in [0.4, 0.5) is 0 Å². The van der Waals surface area contributed by atoms with E-state index >= 15 is 0 Å². The second kappa shape index (κ2) is 15.4. The fourth-order valence-electron chi connectivity index (χ4n) is 5.66. The first-order valence-electron chi connectivity index (χ1n) is 15.5. The zero-order chi connectivity index (χ0) is 35.4. The smallest absolute Gasteiger partial charge is 0.338 e. The number of rotatable bonds is 11. The molecular weight excluding hydrogens is 744 g/mol. The number of halogens is 2. The minimum Gasteiger partial charge on any atom is -0.493 e. The second-order valence-electron chi connectivity index (χ2n) is 11.0. The molecule has 12 heteroatoms. The van der Waals surface area contributed by atoms with Crippen LogP contribution < -0.4 is 33.8 Å². The molecule has 50 heavy (non-hydrogen) atoms. The number of benzene rings is 4. The number of hydrogen-bond donors (Lipinski definition) is 0. The summed E-state index contributed by atoms with van der Waals surface area (Å²) in [5.41, 5.74) is 3.14. The van der Waals surface area contributed by atoms with Crippen LogP contribution in [0.2, 0.25) is 5.02 Å². The Bertz CT molecular complexity index is 2280. The molecule has 1 aliphatic heterocycles. The Morgan fingerprint density at radius 2 is 1.66 bits per heavy atom. The number of aromatic nitrogens is 1. The van der Waals surface area contributed by atoms with Crippen LogP contribution in [0.3, 0.4) is 0 Å². The number of methoxy groups -OCH3 is 3. The fraction of sp³-hybridized carbons (Fsp3) is 0.184. The van der Waals surface area contributed by atoms with E-state index in [9.17, 15) is 9.59 Å². The molecular formula is C38H32BrClN2O7S. The third-order valence-corrected chi connectivity index (χ3v) is 9.92. The lowest BCUT2D eigenvalue weighted by molar-refractivity contribution is -0.138. The van der Waals surface area contributed by atoms with Crippen LogP contribution in [0.1, 0.15) is 35.2 Å². The minimum atomic E-state index is -0.885. The summed E-state index contributed by atoms with van der Waals surface area (Å²) in [6.07, 6.45) is 1.76. The highest BCUT2D eigenvalue weighted by molar-refractivity contribution is 9.10. The number of carbonyl (C=O) groups excluding carboxylic acids is 1. The zero-order valence-corrected chi connectivity index (χ0v) is 30.7. The lowest BCUT2D eigenvalue weighted by Gasteiger charge is -2.26. The van der Waals surface area contributed by atoms with Crippen molar-refractivity contribution in [2.24, 2.45) is 4.99 Å². The number of ether oxygens (including phenoxy) is 5. The number of carbonyl (C=O) groups is 1. The Kier molecular flexibility index (Phi) is 10.8. The van der Waals surface area contributed by atoms with Crippen molar-refractivity contribution in [1.82, 2.24) is 4.57 Å². The van der Waals surface area contributed by atoms with Gasteiger partial charge in [-0.3, -0.25) is 9.36 Å². The maximum absolute atomic E-state index is 14.4. The topological polar surface area (TPSA) is 97.6 Å². The molecule has 0 radical (unpaired) electrons. The summed E-state index contributed by atoms with van der Waals surface area (Å²) >= 11 is 11.2. The summed E-state index contributed by atoms with van der Waals surface area (Å²) in [5.74, 6) is 1.33. The summed E-state index contributed by atoms with van der Waals surface area (Å²) in [6.45, 7) is 2.11. The van der Waals surface area contributed by atoms with E-state index in [4.69, 9.17) is 40.3 Å². The van der Waals surface area contributed by atoms with Crippen molar-refractivity contribution in [2.45, 2.75) is 19.6 Å². The third kappa shape index (κ3) is 6.94. The first-order valence-corrected chi connectivity index (χ1v) is 17.5. The van der Waals surface area contributed by atoms with Gasteiger partial charge in [-0.05, 0) is 70.4 Å². The standard InChI is InChI=1S/C38H32BrClN2O7S/c1-5-48-37(44)32-33(23-11-7-6-8-12-23)41-38-42(34(32)24-15-16-28(45-2)29(20-24)46-3)36(43)31(50-38)19-22-17-26(39)35(30(18-22)47-4)49-21-25-13-9-10-14-27(25)40/h6-20,34H,5,21H2,1-4H3/b31-19-/t34-/m1/s1. The molecule has 0 aliphatic carbocycles. The van der Waals surface area contributed by atoms with E-state index < -0.39 is 12.0 Å². The Hall–Kier alpha value is -4.84. The van der Waals surface area contributed by atoms with Crippen molar-refractivity contribution in [2.75, 3.05) is 27.9 Å². The van der Waals surface area contributed by atoms with Crippen LogP contribution in [0.25, 0.3) is 11.8 Å². The normalized spacial score (nSPS) is 14.1. The molecule has 4 aromatic carbocycles. The molecule has 5 aromatic rings. The van der Waals surface area contributed by atoms with E-state index in [1.54, 1.807) is 57.6 Å². The van der Waals surface area contributed by atoms with E-state index in [0.29, 0.717) is 64.2 Å². The van der Waals surface area contributed by atoms with Gasteiger partial charge in [0, 0.05) is 16.1 Å². The predicted molar refractivity (Wildman–Crippen MR) is 197 cm³/mol. The molecule has 0 fully saturated rings. The van der Waals surface area contributed by atoms with Gasteiger partial charge in [0.15, 0.2) is 27.8 Å². The van der Waals surface area contributed by atoms with Crippen LogP contribution >= 0.6 is 38.9 Å². The van der Waals surface area contributed by atoms with Gasteiger partial charge in [-0.1, -0.05) is 77.5 Å². The summed E-state index contributed by atoms with van der Waals surface area (Å²) < 4.78 is 31.0. The first-order chi connectivity index (χ1) is 24.3. The minimum absolute atomic E-state index is 0.141. The van der Waals surface area contributed by atoms with E-state index in [2.05, 4.69) is 15.9 Å². The van der Waals surface area contributed by atoms with Gasteiger partial charge in [0.25, 0.3) is 5.56 Å². The SMILES string of the molecule is CCOC(=O)C1=C(c2ccccc2)N=c2s/c(=C\c3cc(Br)c(OCc4ccccc4Cl)c(OC)c3)c(=O)n2[C@@H]1c1ccc(OC)c(OC)c1. The van der Waals surface area contributed by atoms with Crippen LogP contribution in [0, 0.1) is 0 Å². The second-order valence-corrected chi connectivity index (χ2v) is 13.2. The van der Waals surface area contributed by atoms with Crippen LogP contribution in [0.15, 0.2) is 105 Å². The molecule has 256 valence electrons. The first kappa shape index (κ1) is 35.0. The number of esters is 1. The van der Waals surface area contributed by atoms with Crippen molar-refractivity contribution in [3.8, 4) is 23.0 Å². The molecule has 1 aromatic heterocycles. The van der Waals surface area contributed by atoms with Gasteiger partial charge < -0.3 is 23.7 Å². The van der Waals surface area contributed by atoms with Crippen molar-refractivity contribution in [1.29, 1.82) is 0 Å². The quantitative estimate of drug-likeness (QED) is 0.134. The van der Waals surface area contributed by atoms with Crippen molar-refractivity contribution in [3.05, 3.63) is 142 Å². The summed E-state index contributed by atoms with van der Waals surface area (Å²) in [7, 11) is 4.63. The van der Waals surface area contributed by atoms with Crippen molar-refractivity contribution in [3.63, 3.8) is 0 Å². The number of fused-ring (bicyclic) bond motifs is 1. The molecule has 0 spiro atoms. The molecule has 0 bridgehead atoms. The maximum Gasteiger partial charge on any atom is 0.338 e. The van der Waals surface area contributed by atoms with Gasteiger partial charge in [-0.25, -0.2) is 9.79 Å². The highest BCUT2D eigenvalue weighted by Crippen LogP contribution is 2.40. The molecule has 0 N–H and O–H groups in total. The third-order valence-electron chi connectivity index (χ3n) is 7.98. The van der Waals surface area contributed by atoms with E-state index in [1.807, 2.05) is 54.6 Å². The molecule has 9 nitrogen and oxygen atoms in total. The van der Waals surface area contributed by atoms with E-state index in [0.717, 1.165) is 5.56 Å². The van der Waals surface area contributed by atoms with Gasteiger partial charge in [0.2, 0.25) is 0 Å². The fourth-order valence-corrected chi connectivity index (χ4v) is 7.42. The highest BCUT2D eigenvalue weighted by atomic mass is 79.9.